The van der Waals surface area contributed by atoms with E-state index in [1.165, 1.54) is 19.2 Å². The average molecular weight is 298 g/mol. The van der Waals surface area contributed by atoms with Crippen molar-refractivity contribution in [3.8, 4) is 5.75 Å². The van der Waals surface area contributed by atoms with Crippen LogP contribution >= 0.6 is 0 Å². The summed E-state index contributed by atoms with van der Waals surface area (Å²) in [5.41, 5.74) is -0.634. The van der Waals surface area contributed by atoms with Gasteiger partial charge in [-0.1, -0.05) is 6.42 Å². The summed E-state index contributed by atoms with van der Waals surface area (Å²) < 4.78 is 31.1. The molecule has 0 saturated carbocycles. The van der Waals surface area contributed by atoms with Crippen LogP contribution in [0.5, 0.6) is 5.75 Å². The van der Waals surface area contributed by atoms with E-state index in [1.54, 1.807) is 6.07 Å². The fourth-order valence-electron chi connectivity index (χ4n) is 3.55. The molecule has 0 amide bonds. The normalized spacial score (nSPS) is 36.6. The van der Waals surface area contributed by atoms with Crippen molar-refractivity contribution >= 4 is 10.8 Å². The Morgan fingerprint density at radius 3 is 2.60 bits per heavy atom. The standard InChI is InChI=1S/C15H19FO3S/c1-19-14-6-5-10(16)7-13(14)15(17)8-11-3-2-4-12(9-15)20(11)18/h5-7,11-12,17H,2-4,8-9H2,1H3. The van der Waals surface area contributed by atoms with E-state index in [0.717, 1.165) is 19.3 Å². The van der Waals surface area contributed by atoms with Gasteiger partial charge in [-0.25, -0.2) is 4.39 Å². The fourth-order valence-corrected chi connectivity index (χ4v) is 5.77. The number of aliphatic hydroxyl groups is 1. The summed E-state index contributed by atoms with van der Waals surface area (Å²) in [5, 5.41) is 11.1. The van der Waals surface area contributed by atoms with Crippen molar-refractivity contribution in [3.63, 3.8) is 0 Å². The number of halogens is 1. The van der Waals surface area contributed by atoms with Crippen LogP contribution in [0, 0.1) is 5.82 Å². The summed E-state index contributed by atoms with van der Waals surface area (Å²) >= 11 is 0. The van der Waals surface area contributed by atoms with Crippen molar-refractivity contribution < 1.29 is 18.4 Å². The quantitative estimate of drug-likeness (QED) is 0.912. The van der Waals surface area contributed by atoms with Crippen molar-refractivity contribution in [2.45, 2.75) is 48.2 Å². The molecule has 1 N–H and O–H groups in total. The Bertz CT molecular complexity index is 530. The summed E-state index contributed by atoms with van der Waals surface area (Å²) in [7, 11) is 0.651. The van der Waals surface area contributed by atoms with Gasteiger partial charge in [-0.05, 0) is 43.9 Å². The predicted molar refractivity (Wildman–Crippen MR) is 75.7 cm³/mol. The van der Waals surface area contributed by atoms with Gasteiger partial charge >= 0.3 is 0 Å². The van der Waals surface area contributed by atoms with Gasteiger partial charge in [-0.3, -0.25) is 4.21 Å². The first-order chi connectivity index (χ1) is 9.53. The van der Waals surface area contributed by atoms with E-state index < -0.39 is 16.4 Å². The van der Waals surface area contributed by atoms with Gasteiger partial charge in [0.15, 0.2) is 0 Å². The van der Waals surface area contributed by atoms with Gasteiger partial charge in [0.2, 0.25) is 0 Å². The van der Waals surface area contributed by atoms with Gasteiger partial charge in [-0.2, -0.15) is 0 Å². The van der Waals surface area contributed by atoms with E-state index in [1.807, 2.05) is 0 Å². The molecule has 2 unspecified atom stereocenters. The first-order valence-electron chi connectivity index (χ1n) is 6.99. The van der Waals surface area contributed by atoms with Gasteiger partial charge in [0, 0.05) is 26.9 Å². The zero-order valence-corrected chi connectivity index (χ0v) is 12.3. The molecule has 2 heterocycles. The van der Waals surface area contributed by atoms with Crippen LogP contribution in [0.1, 0.15) is 37.7 Å². The lowest BCUT2D eigenvalue weighted by atomic mass is 9.80. The zero-order valence-electron chi connectivity index (χ0n) is 11.5. The smallest absolute Gasteiger partial charge is 0.125 e. The first-order valence-corrected chi connectivity index (χ1v) is 8.27. The molecule has 1 aromatic carbocycles. The number of rotatable bonds is 2. The maximum Gasteiger partial charge on any atom is 0.125 e. The summed E-state index contributed by atoms with van der Waals surface area (Å²) in [4.78, 5) is 0. The van der Waals surface area contributed by atoms with Crippen LogP contribution in [0.15, 0.2) is 18.2 Å². The lowest BCUT2D eigenvalue weighted by molar-refractivity contribution is 0.00425. The van der Waals surface area contributed by atoms with Gasteiger partial charge in [0.05, 0.1) is 12.7 Å². The molecule has 3 nitrogen and oxygen atoms in total. The Morgan fingerprint density at radius 1 is 1.35 bits per heavy atom. The lowest BCUT2D eigenvalue weighted by Gasteiger charge is -2.44. The average Bonchev–Trinajstić information content (AvgIpc) is 2.41. The summed E-state index contributed by atoms with van der Waals surface area (Å²) in [5.74, 6) is 0.116. The highest BCUT2D eigenvalue weighted by molar-refractivity contribution is 7.86. The Morgan fingerprint density at radius 2 is 2.00 bits per heavy atom. The van der Waals surface area contributed by atoms with Crippen molar-refractivity contribution in [2.24, 2.45) is 0 Å². The SMILES string of the molecule is COc1ccc(F)cc1C1(O)CC2CCCC(C1)S2=O. The summed E-state index contributed by atoms with van der Waals surface area (Å²) in [6.45, 7) is 0. The van der Waals surface area contributed by atoms with E-state index in [9.17, 15) is 13.7 Å². The van der Waals surface area contributed by atoms with Crippen LogP contribution in [0.2, 0.25) is 0 Å². The van der Waals surface area contributed by atoms with Crippen molar-refractivity contribution in [2.75, 3.05) is 7.11 Å². The number of hydrogen-bond acceptors (Lipinski definition) is 3. The number of methoxy groups -OCH3 is 1. The van der Waals surface area contributed by atoms with Gasteiger partial charge < -0.3 is 9.84 Å². The highest BCUT2D eigenvalue weighted by Gasteiger charge is 2.47. The molecular weight excluding hydrogens is 279 g/mol. The molecule has 0 aromatic heterocycles. The minimum absolute atomic E-state index is 0.0143. The molecule has 2 bridgehead atoms. The molecule has 0 radical (unpaired) electrons. The van der Waals surface area contributed by atoms with Gasteiger partial charge in [0.1, 0.15) is 11.6 Å². The zero-order chi connectivity index (χ0) is 14.3. The predicted octanol–water partition coefficient (Wildman–Crippen LogP) is 2.49. The second kappa shape index (κ2) is 5.11. The van der Waals surface area contributed by atoms with Crippen LogP contribution in [0.3, 0.4) is 0 Å². The number of fused-ring (bicyclic) bond motifs is 2. The molecular formula is C15H19FO3S. The van der Waals surface area contributed by atoms with Crippen LogP contribution in [0.4, 0.5) is 4.39 Å². The highest BCUT2D eigenvalue weighted by atomic mass is 32.2. The molecule has 2 saturated heterocycles. The van der Waals surface area contributed by atoms with Gasteiger partial charge in [0.25, 0.3) is 0 Å². The first kappa shape index (κ1) is 14.0. The Hall–Kier alpha value is -0.940. The largest absolute Gasteiger partial charge is 0.496 e. The molecule has 5 heteroatoms. The Labute approximate surface area is 120 Å². The van der Waals surface area contributed by atoms with Crippen molar-refractivity contribution in [1.82, 2.24) is 0 Å². The molecule has 3 rings (SSSR count). The minimum Gasteiger partial charge on any atom is -0.496 e. The topological polar surface area (TPSA) is 46.5 Å². The number of benzene rings is 1. The second-order valence-electron chi connectivity index (χ2n) is 5.79. The second-order valence-corrected chi connectivity index (χ2v) is 7.78. The highest BCUT2D eigenvalue weighted by Crippen LogP contribution is 2.46. The Kier molecular flexibility index (Phi) is 3.58. The maximum absolute atomic E-state index is 13.5. The third-order valence-corrected chi connectivity index (χ3v) is 6.62. The number of hydrogen-bond donors (Lipinski definition) is 1. The Balaban J connectivity index is 2.00. The summed E-state index contributed by atoms with van der Waals surface area (Å²) in [6.07, 6.45) is 3.68. The van der Waals surface area contributed by atoms with E-state index in [-0.39, 0.29) is 16.3 Å². The molecule has 20 heavy (non-hydrogen) atoms. The minimum atomic E-state index is -1.13. The van der Waals surface area contributed by atoms with Crippen LogP contribution in [-0.4, -0.2) is 26.9 Å². The van der Waals surface area contributed by atoms with Crippen LogP contribution < -0.4 is 4.74 Å². The fraction of sp³-hybridized carbons (Fsp3) is 0.600. The molecule has 0 spiro atoms. The maximum atomic E-state index is 13.5. The molecule has 2 fully saturated rings. The van der Waals surface area contributed by atoms with E-state index in [4.69, 9.17) is 4.74 Å². The number of ether oxygens (including phenoxy) is 1. The van der Waals surface area contributed by atoms with E-state index in [0.29, 0.717) is 24.2 Å². The summed E-state index contributed by atoms with van der Waals surface area (Å²) in [6, 6.07) is 4.22. The third-order valence-electron chi connectivity index (χ3n) is 4.50. The van der Waals surface area contributed by atoms with Crippen LogP contribution in [0.25, 0.3) is 0 Å². The third kappa shape index (κ3) is 2.27. The lowest BCUT2D eigenvalue weighted by Crippen LogP contribution is -2.47. The molecule has 110 valence electrons. The molecule has 2 aliphatic heterocycles. The van der Waals surface area contributed by atoms with Crippen molar-refractivity contribution in [1.29, 1.82) is 0 Å². The molecule has 2 aliphatic rings. The van der Waals surface area contributed by atoms with Crippen LogP contribution in [-0.2, 0) is 16.4 Å². The van der Waals surface area contributed by atoms with Gasteiger partial charge in [-0.15, -0.1) is 0 Å². The molecule has 2 atom stereocenters. The monoisotopic (exact) mass is 298 g/mol. The van der Waals surface area contributed by atoms with E-state index in [2.05, 4.69) is 0 Å². The van der Waals surface area contributed by atoms with Crippen molar-refractivity contribution in [3.05, 3.63) is 29.6 Å². The van der Waals surface area contributed by atoms with E-state index >= 15 is 0 Å². The molecule has 1 aromatic rings. The molecule has 0 aliphatic carbocycles.